The van der Waals surface area contributed by atoms with Gasteiger partial charge in [-0.05, 0) is 49.9 Å². The molecule has 0 aliphatic heterocycles. The summed E-state index contributed by atoms with van der Waals surface area (Å²) in [6, 6.07) is 8.29. The topological polar surface area (TPSA) is 41.5 Å². The molecule has 2 N–H and O–H groups in total. The lowest BCUT2D eigenvalue weighted by Crippen LogP contribution is -2.43. The highest BCUT2D eigenvalue weighted by atomic mass is 16.5. The second kappa shape index (κ2) is 7.09. The van der Waals surface area contributed by atoms with Crippen LogP contribution in [0.15, 0.2) is 24.3 Å². The Morgan fingerprint density at radius 3 is 2.45 bits per heavy atom. The molecule has 1 aromatic carbocycles. The van der Waals surface area contributed by atoms with E-state index in [1.807, 2.05) is 26.1 Å². The fraction of sp³-hybridized carbons (Fsp3) is 0.647. The minimum Gasteiger partial charge on any atom is -0.494 e. The van der Waals surface area contributed by atoms with Crippen LogP contribution in [0.2, 0.25) is 0 Å². The van der Waals surface area contributed by atoms with Crippen LogP contribution < -0.4 is 10.1 Å². The van der Waals surface area contributed by atoms with E-state index in [1.54, 1.807) is 0 Å². The lowest BCUT2D eigenvalue weighted by molar-refractivity contribution is 0.163. The van der Waals surface area contributed by atoms with Crippen LogP contribution >= 0.6 is 0 Å². The standard InChI is InChI=1S/C17H29NO2/c1-16(2,3)14-8-6-9-15(12-14)20-11-7-10-17(4,13-19)18-5/h6,8-9,12,18-19H,7,10-11,13H2,1-5H3. The summed E-state index contributed by atoms with van der Waals surface area (Å²) in [5, 5.41) is 12.5. The first kappa shape index (κ1) is 17.0. The van der Waals surface area contributed by atoms with Crippen molar-refractivity contribution >= 4 is 0 Å². The predicted octanol–water partition coefficient (Wildman–Crippen LogP) is 3.11. The fourth-order valence-electron chi connectivity index (χ4n) is 1.99. The van der Waals surface area contributed by atoms with Gasteiger partial charge in [0.1, 0.15) is 5.75 Å². The summed E-state index contributed by atoms with van der Waals surface area (Å²) >= 11 is 0. The summed E-state index contributed by atoms with van der Waals surface area (Å²) in [4.78, 5) is 0. The van der Waals surface area contributed by atoms with Gasteiger partial charge in [0.25, 0.3) is 0 Å². The first-order valence-electron chi connectivity index (χ1n) is 7.34. The van der Waals surface area contributed by atoms with Gasteiger partial charge in [0, 0.05) is 5.54 Å². The number of hydrogen-bond donors (Lipinski definition) is 2. The van der Waals surface area contributed by atoms with Crippen LogP contribution in [0.25, 0.3) is 0 Å². The molecule has 0 fully saturated rings. The van der Waals surface area contributed by atoms with E-state index in [1.165, 1.54) is 5.56 Å². The molecule has 0 bridgehead atoms. The Balaban J connectivity index is 2.47. The maximum atomic E-state index is 9.32. The summed E-state index contributed by atoms with van der Waals surface area (Å²) in [7, 11) is 1.88. The van der Waals surface area contributed by atoms with Crippen molar-refractivity contribution in [1.82, 2.24) is 5.32 Å². The SMILES string of the molecule is CNC(C)(CO)CCCOc1cccc(C(C)(C)C)c1. The summed E-state index contributed by atoms with van der Waals surface area (Å²) in [6.45, 7) is 9.43. The third-order valence-electron chi connectivity index (χ3n) is 3.79. The number of aliphatic hydroxyl groups excluding tert-OH is 1. The lowest BCUT2D eigenvalue weighted by atomic mass is 9.87. The molecule has 1 unspecified atom stereocenters. The van der Waals surface area contributed by atoms with E-state index in [0.717, 1.165) is 18.6 Å². The quantitative estimate of drug-likeness (QED) is 0.754. The second-order valence-corrected chi connectivity index (χ2v) is 6.70. The second-order valence-electron chi connectivity index (χ2n) is 6.70. The highest BCUT2D eigenvalue weighted by Crippen LogP contribution is 2.25. The van der Waals surface area contributed by atoms with Crippen molar-refractivity contribution in [2.75, 3.05) is 20.3 Å². The van der Waals surface area contributed by atoms with Gasteiger partial charge in [-0.3, -0.25) is 0 Å². The molecule has 0 spiro atoms. The molecule has 1 aromatic rings. The molecule has 0 saturated carbocycles. The molecule has 1 rings (SSSR count). The van der Waals surface area contributed by atoms with E-state index in [2.05, 4.69) is 38.2 Å². The molecule has 3 nitrogen and oxygen atoms in total. The third kappa shape index (κ3) is 5.14. The first-order chi connectivity index (χ1) is 9.30. The zero-order chi connectivity index (χ0) is 15.2. The summed E-state index contributed by atoms with van der Waals surface area (Å²) in [6.07, 6.45) is 1.80. The zero-order valence-corrected chi connectivity index (χ0v) is 13.5. The van der Waals surface area contributed by atoms with Crippen LogP contribution in [-0.2, 0) is 5.41 Å². The fourth-order valence-corrected chi connectivity index (χ4v) is 1.99. The Morgan fingerprint density at radius 2 is 1.90 bits per heavy atom. The molecule has 0 aliphatic rings. The third-order valence-corrected chi connectivity index (χ3v) is 3.79. The van der Waals surface area contributed by atoms with Crippen molar-refractivity contribution in [1.29, 1.82) is 0 Å². The van der Waals surface area contributed by atoms with Gasteiger partial charge in [0.05, 0.1) is 13.2 Å². The highest BCUT2D eigenvalue weighted by Gasteiger charge is 2.20. The molecule has 114 valence electrons. The molecule has 20 heavy (non-hydrogen) atoms. The van der Waals surface area contributed by atoms with E-state index in [-0.39, 0.29) is 17.6 Å². The van der Waals surface area contributed by atoms with Crippen molar-refractivity contribution in [2.24, 2.45) is 0 Å². The molecule has 0 heterocycles. The average Bonchev–Trinajstić information content (AvgIpc) is 2.43. The normalized spacial score (nSPS) is 14.9. The number of likely N-dealkylation sites (N-methyl/N-ethyl adjacent to an activating group) is 1. The summed E-state index contributed by atoms with van der Waals surface area (Å²) in [5.41, 5.74) is 1.21. The number of aliphatic hydroxyl groups is 1. The van der Waals surface area contributed by atoms with Gasteiger partial charge in [0.15, 0.2) is 0 Å². The highest BCUT2D eigenvalue weighted by molar-refractivity contribution is 5.32. The van der Waals surface area contributed by atoms with Crippen molar-refractivity contribution in [3.05, 3.63) is 29.8 Å². The largest absolute Gasteiger partial charge is 0.494 e. The molecule has 0 aromatic heterocycles. The molecule has 0 amide bonds. The molecular formula is C17H29NO2. The first-order valence-corrected chi connectivity index (χ1v) is 7.34. The number of benzene rings is 1. The number of rotatable bonds is 7. The van der Waals surface area contributed by atoms with E-state index in [4.69, 9.17) is 4.74 Å². The summed E-state index contributed by atoms with van der Waals surface area (Å²) < 4.78 is 5.82. The Kier molecular flexibility index (Phi) is 6.03. The molecule has 1 atom stereocenters. The number of hydrogen-bond acceptors (Lipinski definition) is 3. The molecular weight excluding hydrogens is 250 g/mol. The van der Waals surface area contributed by atoms with Gasteiger partial charge < -0.3 is 15.2 Å². The monoisotopic (exact) mass is 279 g/mol. The van der Waals surface area contributed by atoms with Crippen LogP contribution in [-0.4, -0.2) is 30.9 Å². The van der Waals surface area contributed by atoms with Gasteiger partial charge >= 0.3 is 0 Å². The molecule has 0 aliphatic carbocycles. The maximum Gasteiger partial charge on any atom is 0.119 e. The summed E-state index contributed by atoms with van der Waals surface area (Å²) in [5.74, 6) is 0.924. The van der Waals surface area contributed by atoms with Gasteiger partial charge in [-0.25, -0.2) is 0 Å². The minimum atomic E-state index is -0.212. The lowest BCUT2D eigenvalue weighted by Gasteiger charge is -2.26. The van der Waals surface area contributed by atoms with Crippen molar-refractivity contribution < 1.29 is 9.84 Å². The maximum absolute atomic E-state index is 9.32. The van der Waals surface area contributed by atoms with Crippen molar-refractivity contribution in [2.45, 2.75) is 51.5 Å². The molecule has 0 radical (unpaired) electrons. The Labute approximate surface area is 123 Å². The van der Waals surface area contributed by atoms with Crippen LogP contribution in [0.4, 0.5) is 0 Å². The van der Waals surface area contributed by atoms with Gasteiger partial charge in [-0.15, -0.1) is 0 Å². The molecule has 3 heteroatoms. The van der Waals surface area contributed by atoms with E-state index in [9.17, 15) is 5.11 Å². The van der Waals surface area contributed by atoms with Crippen LogP contribution in [0, 0.1) is 0 Å². The zero-order valence-electron chi connectivity index (χ0n) is 13.5. The predicted molar refractivity (Wildman–Crippen MR) is 84.4 cm³/mol. The molecule has 0 saturated heterocycles. The Morgan fingerprint density at radius 1 is 1.20 bits per heavy atom. The Hall–Kier alpha value is -1.06. The van der Waals surface area contributed by atoms with Gasteiger partial charge in [-0.1, -0.05) is 32.9 Å². The van der Waals surface area contributed by atoms with Crippen molar-refractivity contribution in [3.63, 3.8) is 0 Å². The number of ether oxygens (including phenoxy) is 1. The minimum absolute atomic E-state index is 0.140. The smallest absolute Gasteiger partial charge is 0.119 e. The van der Waals surface area contributed by atoms with Crippen LogP contribution in [0.3, 0.4) is 0 Å². The average molecular weight is 279 g/mol. The van der Waals surface area contributed by atoms with Crippen molar-refractivity contribution in [3.8, 4) is 5.75 Å². The van der Waals surface area contributed by atoms with E-state index in [0.29, 0.717) is 6.61 Å². The number of nitrogens with one attached hydrogen (secondary N) is 1. The van der Waals surface area contributed by atoms with Crippen LogP contribution in [0.1, 0.15) is 46.1 Å². The van der Waals surface area contributed by atoms with E-state index >= 15 is 0 Å². The van der Waals surface area contributed by atoms with Gasteiger partial charge in [-0.2, -0.15) is 0 Å². The van der Waals surface area contributed by atoms with E-state index < -0.39 is 0 Å². The Bertz CT molecular complexity index is 406. The van der Waals surface area contributed by atoms with Crippen LogP contribution in [0.5, 0.6) is 5.75 Å². The van der Waals surface area contributed by atoms with Gasteiger partial charge in [0.2, 0.25) is 0 Å².